The lowest BCUT2D eigenvalue weighted by Crippen LogP contribution is -2.02. The number of hydrogen-bond acceptors (Lipinski definition) is 30. The molecule has 20 aromatic rings. The van der Waals surface area contributed by atoms with Crippen LogP contribution < -0.4 is 28.7 Å². The van der Waals surface area contributed by atoms with Crippen LogP contribution in [0.15, 0.2) is 175 Å². The summed E-state index contributed by atoms with van der Waals surface area (Å²) in [6.07, 6.45) is 27.1. The monoisotopic (exact) mass is 1870 g/mol. The summed E-state index contributed by atoms with van der Waals surface area (Å²) < 4.78 is 38.9. The molecule has 0 atom stereocenters. The van der Waals surface area contributed by atoms with Crippen LogP contribution in [0.3, 0.4) is 0 Å². The van der Waals surface area contributed by atoms with Gasteiger partial charge in [0.2, 0.25) is 0 Å². The number of nitrogens with two attached hydrogens (primary N) is 5. The predicted molar refractivity (Wildman–Crippen MR) is 539 cm³/mol. The molecule has 10 N–H and O–H groups in total. The molecule has 35 heteroatoms. The highest BCUT2D eigenvalue weighted by Crippen LogP contribution is 2.55. The lowest BCUT2D eigenvalue weighted by molar-refractivity contribution is 0.386. The van der Waals surface area contributed by atoms with E-state index < -0.39 is 0 Å². The molecule has 25 rings (SSSR count). The fourth-order valence-electron chi connectivity index (χ4n) is 18.2. The molecule has 20 aromatic heterocycles. The predicted octanol–water partition coefficient (Wildman–Crippen LogP) is 22.5. The van der Waals surface area contributed by atoms with E-state index in [1.165, 1.54) is 0 Å². The van der Waals surface area contributed by atoms with Gasteiger partial charge in [-0.05, 0) is 263 Å². The van der Waals surface area contributed by atoms with Gasteiger partial charge >= 0.3 is 0 Å². The van der Waals surface area contributed by atoms with E-state index in [4.69, 9.17) is 81.8 Å². The molecule has 5 saturated carbocycles. The SMILES string of the molecule is Cc1ccc(-c2c(-c3nn(C(C)C)c4ccnc(N)c34)noc2C2CC2)nc1.Cc1ccc(-c2c(-c3nn(C(C)C)c4ccnc(N)c34)noc2C2CC2)nc1.Cc1ccc(-c2c(-c3nn(C(C)C)c4ccnc(N)c34)noc2C2CC2)nc1.Cc1cccc(-c2c(-c3nn(C(C)C)c4ccnc(N)c34)noc2C2CC2)n1.Cc1ccnc(-c2c(-c3nn(C(C)C)c4ccnc(N)c34)noc2C2CC2)c1. The Labute approximate surface area is 805 Å². The van der Waals surface area contributed by atoms with E-state index in [-0.39, 0.29) is 30.2 Å². The third-order valence-electron chi connectivity index (χ3n) is 26.0. The molecule has 0 saturated heterocycles. The molecule has 0 bridgehead atoms. The number of nitrogen functional groups attached to an aromatic ring is 5. The number of aryl methyl sites for hydroxylation is 5. The number of hydrogen-bond donors (Lipinski definition) is 5. The Bertz CT molecular complexity index is 7420. The Morgan fingerprint density at radius 1 is 0.257 bits per heavy atom. The van der Waals surface area contributed by atoms with Gasteiger partial charge in [-0.15, -0.1) is 0 Å². The van der Waals surface area contributed by atoms with Crippen molar-refractivity contribution < 1.29 is 22.6 Å². The molecule has 5 fully saturated rings. The second kappa shape index (κ2) is 36.4. The molecule has 140 heavy (non-hydrogen) atoms. The summed E-state index contributed by atoms with van der Waals surface area (Å²) in [6, 6.07) is 32.8. The van der Waals surface area contributed by atoms with Crippen LogP contribution in [0.5, 0.6) is 0 Å². The van der Waals surface area contributed by atoms with Crippen molar-refractivity contribution in [3.8, 4) is 113 Å². The molecule has 0 unspecified atom stereocenters. The Kier molecular flexibility index (Phi) is 23.5. The highest BCUT2D eigenvalue weighted by molar-refractivity contribution is 6.07. The number of pyridine rings is 10. The van der Waals surface area contributed by atoms with Crippen molar-refractivity contribution in [3.05, 3.63) is 210 Å². The Morgan fingerprint density at radius 2 is 0.500 bits per heavy atom. The molecule has 0 radical (unpaired) electrons. The normalized spacial score (nSPS) is 14.3. The highest BCUT2D eigenvalue weighted by Gasteiger charge is 2.42. The van der Waals surface area contributed by atoms with Crippen LogP contribution in [0.2, 0.25) is 0 Å². The van der Waals surface area contributed by atoms with Crippen molar-refractivity contribution in [2.75, 3.05) is 28.7 Å². The standard InChI is InChI=1S/5C21H22N6O/c3*1-11(2)27-15-8-9-23-21(22)17(15)18(25-27)19-16(14-7-4-12(3)10-24-14)20(28-26-19)13-5-6-13;1-11(2)27-15-7-9-24-21(22)17(15)18(25-27)19-16(14-10-12(3)6-8-23-14)20(28-26-19)13-4-5-13;1-11(2)27-15-9-10-23-21(22)17(15)18(25-27)19-16(14-6-4-5-12(3)24-14)20(28-26-19)13-7-8-13/h3*4,7-11,13H,5-6H2,1-3H3,(H2,22,23);6-11,13H,4-5H2,1-3H3,(H2,22,24);4-6,9-11,13H,7-8H2,1-3H3,(H2,22,23). The van der Waals surface area contributed by atoms with Crippen molar-refractivity contribution in [1.29, 1.82) is 0 Å². The van der Waals surface area contributed by atoms with Crippen LogP contribution >= 0.6 is 0 Å². The first-order valence-corrected chi connectivity index (χ1v) is 48.0. The highest BCUT2D eigenvalue weighted by atomic mass is 16.5. The van der Waals surface area contributed by atoms with Gasteiger partial charge in [0.05, 0.1) is 111 Å². The van der Waals surface area contributed by atoms with E-state index in [1.54, 1.807) is 31.0 Å². The number of fused-ring (bicyclic) bond motifs is 5. The first-order valence-electron chi connectivity index (χ1n) is 48.0. The maximum absolute atomic E-state index is 6.26. The minimum absolute atomic E-state index is 0.174. The van der Waals surface area contributed by atoms with E-state index >= 15 is 0 Å². The number of rotatable bonds is 20. The van der Waals surface area contributed by atoms with Crippen LogP contribution in [-0.2, 0) is 0 Å². The van der Waals surface area contributed by atoms with Gasteiger partial charge in [-0.1, -0.05) is 50.0 Å². The minimum atomic E-state index is 0.174. The van der Waals surface area contributed by atoms with Gasteiger partial charge in [0, 0.05) is 121 Å². The summed E-state index contributed by atoms with van der Waals surface area (Å²) in [5.74, 6) is 8.65. The molecule has 5 aliphatic rings. The molecule has 0 amide bonds. The number of aromatic nitrogens is 25. The van der Waals surface area contributed by atoms with Gasteiger partial charge in [-0.25, -0.2) is 24.9 Å². The molecule has 710 valence electrons. The maximum Gasteiger partial charge on any atom is 0.149 e. The minimum Gasteiger partial charge on any atom is -0.383 e. The van der Waals surface area contributed by atoms with Gasteiger partial charge in [-0.2, -0.15) is 25.5 Å². The van der Waals surface area contributed by atoms with Crippen molar-refractivity contribution in [3.63, 3.8) is 0 Å². The number of anilines is 5. The van der Waals surface area contributed by atoms with Gasteiger partial charge in [-0.3, -0.25) is 48.3 Å². The molecule has 0 aliphatic heterocycles. The zero-order valence-corrected chi connectivity index (χ0v) is 80.9. The van der Waals surface area contributed by atoms with Crippen molar-refractivity contribution in [2.24, 2.45) is 0 Å². The fourth-order valence-corrected chi connectivity index (χ4v) is 18.2. The zero-order valence-electron chi connectivity index (χ0n) is 80.9. The topological polar surface area (TPSA) is 478 Å². The third kappa shape index (κ3) is 17.0. The Hall–Kier alpha value is -16.1. The second-order valence-electron chi connectivity index (χ2n) is 38.7. The maximum atomic E-state index is 6.26. The van der Waals surface area contributed by atoms with E-state index in [2.05, 4.69) is 171 Å². The van der Waals surface area contributed by atoms with Crippen molar-refractivity contribution >= 4 is 83.6 Å². The van der Waals surface area contributed by atoms with Crippen LogP contribution in [0.25, 0.3) is 168 Å². The first-order chi connectivity index (χ1) is 67.7. The van der Waals surface area contributed by atoms with E-state index in [1.807, 2.05) is 149 Å². The van der Waals surface area contributed by atoms with E-state index in [0.717, 1.165) is 232 Å². The van der Waals surface area contributed by atoms with E-state index in [0.29, 0.717) is 116 Å². The van der Waals surface area contributed by atoms with Gasteiger partial charge in [0.15, 0.2) is 0 Å². The van der Waals surface area contributed by atoms with E-state index in [9.17, 15) is 0 Å². The van der Waals surface area contributed by atoms with Crippen LogP contribution in [-0.4, -0.2) is 125 Å². The third-order valence-corrected chi connectivity index (χ3v) is 26.0. The first kappa shape index (κ1) is 90.4. The second-order valence-corrected chi connectivity index (χ2v) is 38.7. The summed E-state index contributed by atoms with van der Waals surface area (Å²) in [7, 11) is 0. The van der Waals surface area contributed by atoms with Gasteiger partial charge < -0.3 is 51.3 Å². The van der Waals surface area contributed by atoms with Crippen LogP contribution in [0.1, 0.15) is 250 Å². The Balaban J connectivity index is 0.000000104. The van der Waals surface area contributed by atoms with Crippen LogP contribution in [0, 0.1) is 34.6 Å². The largest absolute Gasteiger partial charge is 0.383 e. The smallest absolute Gasteiger partial charge is 0.149 e. The lowest BCUT2D eigenvalue weighted by atomic mass is 10.0. The van der Waals surface area contributed by atoms with Crippen molar-refractivity contribution in [1.82, 2.24) is 125 Å². The van der Waals surface area contributed by atoms with Crippen LogP contribution in [0.4, 0.5) is 29.1 Å². The van der Waals surface area contributed by atoms with Gasteiger partial charge in [0.1, 0.15) is 115 Å². The molecule has 20 heterocycles. The summed E-state index contributed by atoms with van der Waals surface area (Å²) in [5.41, 5.74) is 57.2. The molecule has 0 spiro atoms. The Morgan fingerprint density at radius 3 is 0.721 bits per heavy atom. The fraction of sp³-hybridized carbons (Fsp3) is 0.333. The summed E-state index contributed by atoms with van der Waals surface area (Å²) in [4.78, 5) is 44.7. The molecular formula is C105H110N30O5. The average Bonchev–Trinajstić information content (AvgIpc) is 1.60. The molecule has 0 aromatic carbocycles. The average molecular weight is 1870 g/mol. The lowest BCUT2D eigenvalue weighted by Gasteiger charge is -2.06. The summed E-state index contributed by atoms with van der Waals surface area (Å²) in [6.45, 7) is 31.0. The summed E-state index contributed by atoms with van der Waals surface area (Å²) in [5, 5.41) is 50.6. The number of nitrogens with zero attached hydrogens (tertiary/aromatic N) is 25. The van der Waals surface area contributed by atoms with Gasteiger partial charge in [0.25, 0.3) is 0 Å². The van der Waals surface area contributed by atoms with Crippen molar-refractivity contribution in [2.45, 2.75) is 228 Å². The molecular weight excluding hydrogens is 1760 g/mol. The summed E-state index contributed by atoms with van der Waals surface area (Å²) >= 11 is 0. The molecule has 5 aliphatic carbocycles. The zero-order chi connectivity index (χ0) is 97.1. The molecule has 35 nitrogen and oxygen atoms in total. The quantitative estimate of drug-likeness (QED) is 0.0473.